The Bertz CT molecular complexity index is 372. The molecule has 0 bridgehead atoms. The third kappa shape index (κ3) is 1.56. The number of rotatable bonds is 2. The summed E-state index contributed by atoms with van der Waals surface area (Å²) in [4.78, 5) is 10.8. The molecule has 0 unspecified atom stereocenters. The van der Waals surface area contributed by atoms with Crippen molar-refractivity contribution in [3.05, 3.63) is 28.8 Å². The van der Waals surface area contributed by atoms with Crippen LogP contribution in [0.5, 0.6) is 0 Å². The molecule has 0 aliphatic rings. The monoisotopic (exact) mass is 178 g/mol. The van der Waals surface area contributed by atoms with Crippen LogP contribution in [0.4, 0.5) is 5.69 Å². The van der Waals surface area contributed by atoms with Crippen LogP contribution in [0.1, 0.15) is 21.5 Å². The summed E-state index contributed by atoms with van der Waals surface area (Å²) >= 11 is 0. The van der Waals surface area contributed by atoms with Gasteiger partial charge in [-0.1, -0.05) is 12.1 Å². The van der Waals surface area contributed by atoms with Crippen LogP contribution in [0.15, 0.2) is 17.2 Å². The standard InChI is InChI=1S/C9H10N2O2/c1-5-3-4-6(2)8(11-10)7(5)9(12)13/h3-4,10H,1-2H3,(H,12,13). The summed E-state index contributed by atoms with van der Waals surface area (Å²) in [5.41, 5.74) is 8.58. The Balaban J connectivity index is 3.52. The molecular weight excluding hydrogens is 168 g/mol. The molecule has 0 aliphatic heterocycles. The van der Waals surface area contributed by atoms with E-state index in [0.717, 1.165) is 0 Å². The Morgan fingerprint density at radius 1 is 1.38 bits per heavy atom. The Labute approximate surface area is 75.7 Å². The molecule has 0 atom stereocenters. The molecule has 1 rings (SSSR count). The van der Waals surface area contributed by atoms with E-state index in [1.807, 2.05) is 0 Å². The Hall–Kier alpha value is -1.71. The number of hydrogen-bond acceptors (Lipinski definition) is 3. The van der Waals surface area contributed by atoms with Crippen molar-refractivity contribution in [3.8, 4) is 0 Å². The van der Waals surface area contributed by atoms with E-state index >= 15 is 0 Å². The van der Waals surface area contributed by atoms with Crippen molar-refractivity contribution in [2.24, 2.45) is 5.11 Å². The molecular formula is C9H10N2O2. The van der Waals surface area contributed by atoms with Gasteiger partial charge in [0.25, 0.3) is 0 Å². The smallest absolute Gasteiger partial charge is 0.338 e. The van der Waals surface area contributed by atoms with E-state index in [2.05, 4.69) is 5.11 Å². The highest BCUT2D eigenvalue weighted by atomic mass is 16.4. The van der Waals surface area contributed by atoms with Crippen LogP contribution < -0.4 is 0 Å². The first-order valence-corrected chi connectivity index (χ1v) is 3.79. The van der Waals surface area contributed by atoms with Crippen molar-refractivity contribution >= 4 is 11.7 Å². The van der Waals surface area contributed by atoms with Gasteiger partial charge < -0.3 is 5.11 Å². The predicted molar refractivity (Wildman–Crippen MR) is 47.7 cm³/mol. The van der Waals surface area contributed by atoms with Gasteiger partial charge in [-0.15, -0.1) is 0 Å². The fourth-order valence-corrected chi connectivity index (χ4v) is 1.21. The van der Waals surface area contributed by atoms with Gasteiger partial charge in [0, 0.05) is 0 Å². The van der Waals surface area contributed by atoms with Gasteiger partial charge in [-0.05, 0) is 25.0 Å². The number of aryl methyl sites for hydroxylation is 2. The summed E-state index contributed by atoms with van der Waals surface area (Å²) in [5, 5.41) is 12.1. The van der Waals surface area contributed by atoms with Crippen LogP contribution >= 0.6 is 0 Å². The minimum atomic E-state index is -1.03. The van der Waals surface area contributed by atoms with Gasteiger partial charge >= 0.3 is 5.97 Å². The largest absolute Gasteiger partial charge is 0.478 e. The molecule has 0 saturated heterocycles. The van der Waals surface area contributed by atoms with Crippen molar-refractivity contribution in [2.45, 2.75) is 13.8 Å². The molecule has 0 fully saturated rings. The van der Waals surface area contributed by atoms with Crippen molar-refractivity contribution < 1.29 is 9.90 Å². The van der Waals surface area contributed by atoms with Crippen LogP contribution in [0, 0.1) is 19.4 Å². The van der Waals surface area contributed by atoms with Gasteiger partial charge in [0.1, 0.15) is 5.69 Å². The van der Waals surface area contributed by atoms with Crippen molar-refractivity contribution in [1.82, 2.24) is 0 Å². The lowest BCUT2D eigenvalue weighted by Gasteiger charge is -2.05. The highest BCUT2D eigenvalue weighted by Gasteiger charge is 2.14. The van der Waals surface area contributed by atoms with E-state index < -0.39 is 5.97 Å². The molecule has 0 heterocycles. The molecule has 0 saturated carbocycles. The zero-order valence-electron chi connectivity index (χ0n) is 7.46. The predicted octanol–water partition coefficient (Wildman–Crippen LogP) is 2.66. The van der Waals surface area contributed by atoms with Gasteiger partial charge in [0.05, 0.1) is 5.56 Å². The fraction of sp³-hybridized carbons (Fsp3) is 0.222. The van der Waals surface area contributed by atoms with Gasteiger partial charge in [0.15, 0.2) is 0 Å². The van der Waals surface area contributed by atoms with Crippen LogP contribution in [-0.2, 0) is 0 Å². The second-order valence-corrected chi connectivity index (χ2v) is 2.84. The van der Waals surface area contributed by atoms with Crippen LogP contribution in [0.3, 0.4) is 0 Å². The molecule has 0 spiro atoms. The van der Waals surface area contributed by atoms with Gasteiger partial charge in [-0.3, -0.25) is 0 Å². The van der Waals surface area contributed by atoms with Crippen LogP contribution in [0.2, 0.25) is 0 Å². The maximum Gasteiger partial charge on any atom is 0.338 e. The van der Waals surface area contributed by atoms with E-state index in [4.69, 9.17) is 10.6 Å². The number of benzene rings is 1. The third-order valence-electron chi connectivity index (χ3n) is 1.91. The number of carboxylic acid groups (broad SMARTS) is 1. The zero-order chi connectivity index (χ0) is 10.0. The van der Waals surface area contributed by atoms with E-state index in [1.165, 1.54) is 0 Å². The first-order valence-electron chi connectivity index (χ1n) is 3.79. The molecule has 2 N–H and O–H groups in total. The molecule has 68 valence electrons. The van der Waals surface area contributed by atoms with E-state index in [1.54, 1.807) is 26.0 Å². The maximum atomic E-state index is 10.8. The average Bonchev–Trinajstić information content (AvgIpc) is 2.07. The molecule has 0 amide bonds. The zero-order valence-corrected chi connectivity index (χ0v) is 7.46. The van der Waals surface area contributed by atoms with Crippen LogP contribution in [0.25, 0.3) is 0 Å². The maximum absolute atomic E-state index is 10.8. The second-order valence-electron chi connectivity index (χ2n) is 2.84. The van der Waals surface area contributed by atoms with E-state index in [9.17, 15) is 4.79 Å². The van der Waals surface area contributed by atoms with Crippen molar-refractivity contribution in [1.29, 1.82) is 5.53 Å². The van der Waals surface area contributed by atoms with E-state index in [-0.39, 0.29) is 11.3 Å². The molecule has 1 aromatic rings. The summed E-state index contributed by atoms with van der Waals surface area (Å²) in [6.45, 7) is 3.43. The van der Waals surface area contributed by atoms with Gasteiger partial charge in [-0.25, -0.2) is 10.3 Å². The fourth-order valence-electron chi connectivity index (χ4n) is 1.21. The number of carbonyl (C=O) groups is 1. The number of nitrogens with one attached hydrogen (secondary N) is 1. The lowest BCUT2D eigenvalue weighted by Crippen LogP contribution is -2.00. The number of aromatic carboxylic acids is 1. The molecule has 0 aliphatic carbocycles. The first-order chi connectivity index (χ1) is 6.07. The van der Waals surface area contributed by atoms with Crippen LogP contribution in [-0.4, -0.2) is 11.1 Å². The molecule has 0 aromatic heterocycles. The summed E-state index contributed by atoms with van der Waals surface area (Å²) in [7, 11) is 0. The summed E-state index contributed by atoms with van der Waals surface area (Å²) in [6, 6.07) is 3.47. The quantitative estimate of drug-likeness (QED) is 0.683. The summed E-state index contributed by atoms with van der Waals surface area (Å²) in [5.74, 6) is -1.03. The topological polar surface area (TPSA) is 73.5 Å². The minimum absolute atomic E-state index is 0.120. The summed E-state index contributed by atoms with van der Waals surface area (Å²) in [6.07, 6.45) is 0. The molecule has 0 radical (unpaired) electrons. The second kappa shape index (κ2) is 3.35. The Kier molecular flexibility index (Phi) is 2.41. The normalized spacial score (nSPS) is 9.69. The Morgan fingerprint density at radius 2 is 1.92 bits per heavy atom. The SMILES string of the molecule is Cc1ccc(C)c(C(=O)O)c1N=N. The first kappa shape index (κ1) is 9.38. The summed E-state index contributed by atoms with van der Waals surface area (Å²) < 4.78 is 0. The Morgan fingerprint density at radius 3 is 2.31 bits per heavy atom. The highest BCUT2D eigenvalue weighted by molar-refractivity contribution is 5.95. The molecule has 13 heavy (non-hydrogen) atoms. The number of carboxylic acids is 1. The minimum Gasteiger partial charge on any atom is -0.478 e. The number of hydrogen-bond donors (Lipinski definition) is 2. The highest BCUT2D eigenvalue weighted by Crippen LogP contribution is 2.26. The number of nitrogens with zero attached hydrogens (tertiary/aromatic N) is 1. The molecule has 1 aromatic carbocycles. The molecule has 4 heteroatoms. The van der Waals surface area contributed by atoms with Crippen molar-refractivity contribution in [2.75, 3.05) is 0 Å². The van der Waals surface area contributed by atoms with E-state index in [0.29, 0.717) is 11.1 Å². The third-order valence-corrected chi connectivity index (χ3v) is 1.91. The molecule has 4 nitrogen and oxygen atoms in total. The lowest BCUT2D eigenvalue weighted by molar-refractivity contribution is 0.0697. The lowest BCUT2D eigenvalue weighted by atomic mass is 10.0. The van der Waals surface area contributed by atoms with Crippen molar-refractivity contribution in [3.63, 3.8) is 0 Å². The van der Waals surface area contributed by atoms with Gasteiger partial charge in [-0.2, -0.15) is 5.11 Å². The van der Waals surface area contributed by atoms with Gasteiger partial charge in [0.2, 0.25) is 0 Å². The average molecular weight is 178 g/mol.